The molecule has 1 fully saturated rings. The van der Waals surface area contributed by atoms with Crippen LogP contribution in [0.1, 0.15) is 24.8 Å². The third-order valence-corrected chi connectivity index (χ3v) is 6.74. The first-order valence-electron chi connectivity index (χ1n) is 9.18. The highest BCUT2D eigenvalue weighted by Crippen LogP contribution is 2.27. The van der Waals surface area contributed by atoms with E-state index in [0.29, 0.717) is 16.0 Å². The molecule has 1 aliphatic rings. The van der Waals surface area contributed by atoms with Gasteiger partial charge in [-0.25, -0.2) is 4.98 Å². The first kappa shape index (κ1) is 19.1. The highest BCUT2D eigenvalue weighted by Gasteiger charge is 2.18. The summed E-state index contributed by atoms with van der Waals surface area (Å²) in [6.45, 7) is 3.78. The predicted molar refractivity (Wildman–Crippen MR) is 115 cm³/mol. The Kier molecular flexibility index (Phi) is 5.45. The zero-order chi connectivity index (χ0) is 19.7. The van der Waals surface area contributed by atoms with Crippen LogP contribution in [0, 0.1) is 6.92 Å². The fourth-order valence-electron chi connectivity index (χ4n) is 3.25. The van der Waals surface area contributed by atoms with Crippen LogP contribution in [0.25, 0.3) is 10.3 Å². The minimum absolute atomic E-state index is 0.0895. The van der Waals surface area contributed by atoms with Gasteiger partial charge in [0.1, 0.15) is 17.6 Å². The molecule has 1 saturated heterocycles. The molecular formula is C19H20BrN5O2S. The molecule has 7 nitrogen and oxygen atoms in total. The third-order valence-electron chi connectivity index (χ3n) is 4.75. The third kappa shape index (κ3) is 3.95. The highest BCUT2D eigenvalue weighted by atomic mass is 79.9. The number of benzene rings is 1. The van der Waals surface area contributed by atoms with E-state index in [2.05, 4.69) is 36.1 Å². The fraction of sp³-hybridized carbons (Fsp3) is 0.368. The van der Waals surface area contributed by atoms with Crippen molar-refractivity contribution < 1.29 is 4.79 Å². The van der Waals surface area contributed by atoms with Gasteiger partial charge in [0, 0.05) is 23.2 Å². The number of thiazole rings is 1. The second-order valence-corrected chi connectivity index (χ2v) is 8.72. The topological polar surface area (TPSA) is 80.1 Å². The molecule has 0 atom stereocenters. The van der Waals surface area contributed by atoms with Gasteiger partial charge in [0.2, 0.25) is 5.91 Å². The van der Waals surface area contributed by atoms with E-state index >= 15 is 0 Å². The normalized spacial score (nSPS) is 14.4. The van der Waals surface area contributed by atoms with Crippen LogP contribution in [-0.4, -0.2) is 33.5 Å². The molecule has 1 aliphatic heterocycles. The highest BCUT2D eigenvalue weighted by molar-refractivity contribution is 9.10. The summed E-state index contributed by atoms with van der Waals surface area (Å²) in [5.41, 5.74) is 1.94. The van der Waals surface area contributed by atoms with Gasteiger partial charge >= 0.3 is 0 Å². The van der Waals surface area contributed by atoms with Gasteiger partial charge in [0.15, 0.2) is 10.8 Å². The Morgan fingerprint density at radius 3 is 2.82 bits per heavy atom. The van der Waals surface area contributed by atoms with Crippen molar-refractivity contribution in [3.63, 3.8) is 0 Å². The molecule has 28 heavy (non-hydrogen) atoms. The molecule has 0 unspecified atom stereocenters. The fourth-order valence-corrected chi connectivity index (χ4v) is 4.51. The molecule has 1 N–H and O–H groups in total. The second-order valence-electron chi connectivity index (χ2n) is 6.89. The number of aryl methyl sites for hydroxylation is 1. The Morgan fingerprint density at radius 2 is 2.07 bits per heavy atom. The Labute approximate surface area is 174 Å². The van der Waals surface area contributed by atoms with Crippen molar-refractivity contribution in [2.75, 3.05) is 23.3 Å². The number of nitrogens with one attached hydrogen (secondary N) is 1. The van der Waals surface area contributed by atoms with Crippen molar-refractivity contribution in [1.29, 1.82) is 0 Å². The van der Waals surface area contributed by atoms with Crippen LogP contribution in [0.2, 0.25) is 0 Å². The zero-order valence-electron chi connectivity index (χ0n) is 15.4. The lowest BCUT2D eigenvalue weighted by Gasteiger charge is -2.25. The standard InChI is InChI=1S/C19H20BrN5O2S/c1-12-9-13(5-6-14(12)20)22-15(26)10-25-11-21-17-16(18(25)27)28-19(23-17)24-7-3-2-4-8-24/h5-6,9,11H,2-4,7-8,10H2,1H3,(H,22,26). The van der Waals surface area contributed by atoms with Gasteiger partial charge in [-0.3, -0.25) is 14.2 Å². The molecule has 9 heteroatoms. The van der Waals surface area contributed by atoms with E-state index in [-0.39, 0.29) is 18.0 Å². The second kappa shape index (κ2) is 8.00. The number of hydrogen-bond acceptors (Lipinski definition) is 6. The number of rotatable bonds is 4. The largest absolute Gasteiger partial charge is 0.348 e. The van der Waals surface area contributed by atoms with Crippen LogP contribution in [0.4, 0.5) is 10.8 Å². The van der Waals surface area contributed by atoms with Gasteiger partial charge in [-0.15, -0.1) is 0 Å². The Balaban J connectivity index is 1.53. The van der Waals surface area contributed by atoms with Gasteiger partial charge in [-0.05, 0) is 49.9 Å². The molecule has 2 aromatic heterocycles. The van der Waals surface area contributed by atoms with Gasteiger partial charge < -0.3 is 10.2 Å². The van der Waals surface area contributed by atoms with Crippen LogP contribution in [0.3, 0.4) is 0 Å². The summed E-state index contributed by atoms with van der Waals surface area (Å²) < 4.78 is 2.81. The van der Waals surface area contributed by atoms with Crippen molar-refractivity contribution in [3.05, 3.63) is 44.9 Å². The maximum Gasteiger partial charge on any atom is 0.273 e. The number of amides is 1. The van der Waals surface area contributed by atoms with Gasteiger partial charge in [-0.1, -0.05) is 27.3 Å². The Bertz CT molecular complexity index is 1090. The van der Waals surface area contributed by atoms with Crippen molar-refractivity contribution in [2.24, 2.45) is 0 Å². The van der Waals surface area contributed by atoms with Crippen LogP contribution >= 0.6 is 27.3 Å². The van der Waals surface area contributed by atoms with Crippen LogP contribution in [0.15, 0.2) is 33.8 Å². The average molecular weight is 462 g/mol. The maximum absolute atomic E-state index is 12.8. The predicted octanol–water partition coefficient (Wildman–Crippen LogP) is 3.55. The van der Waals surface area contributed by atoms with E-state index in [1.807, 2.05) is 25.1 Å². The van der Waals surface area contributed by atoms with Crippen molar-refractivity contribution in [1.82, 2.24) is 14.5 Å². The average Bonchev–Trinajstić information content (AvgIpc) is 3.13. The molecule has 0 radical (unpaired) electrons. The van der Waals surface area contributed by atoms with E-state index in [1.54, 1.807) is 0 Å². The number of aromatic nitrogens is 3. The molecule has 3 heterocycles. The molecule has 0 aliphatic carbocycles. The molecule has 4 rings (SSSR count). The SMILES string of the molecule is Cc1cc(NC(=O)Cn2cnc3nc(N4CCCCC4)sc3c2=O)ccc1Br. The number of anilines is 2. The van der Waals surface area contributed by atoms with E-state index in [4.69, 9.17) is 0 Å². The summed E-state index contributed by atoms with van der Waals surface area (Å²) in [7, 11) is 0. The number of fused-ring (bicyclic) bond motifs is 1. The minimum Gasteiger partial charge on any atom is -0.348 e. The van der Waals surface area contributed by atoms with Crippen LogP contribution in [0.5, 0.6) is 0 Å². The van der Waals surface area contributed by atoms with Gasteiger partial charge in [0.25, 0.3) is 5.56 Å². The molecule has 0 spiro atoms. The monoisotopic (exact) mass is 461 g/mol. The number of carbonyl (C=O) groups is 1. The minimum atomic E-state index is -0.272. The first-order chi connectivity index (χ1) is 13.5. The summed E-state index contributed by atoms with van der Waals surface area (Å²) >= 11 is 4.80. The lowest BCUT2D eigenvalue weighted by molar-refractivity contribution is -0.116. The van der Waals surface area contributed by atoms with Crippen LogP contribution in [-0.2, 0) is 11.3 Å². The molecular weight excluding hydrogens is 442 g/mol. The smallest absolute Gasteiger partial charge is 0.273 e. The van der Waals surface area contributed by atoms with Crippen LogP contribution < -0.4 is 15.8 Å². The van der Waals surface area contributed by atoms with Crippen molar-refractivity contribution >= 4 is 54.3 Å². The van der Waals surface area contributed by atoms with Gasteiger partial charge in [-0.2, -0.15) is 4.98 Å². The van der Waals surface area contributed by atoms with E-state index in [0.717, 1.165) is 41.1 Å². The lowest BCUT2D eigenvalue weighted by atomic mass is 10.1. The molecule has 3 aromatic rings. The van der Waals surface area contributed by atoms with Gasteiger partial charge in [0.05, 0.1) is 0 Å². The quantitative estimate of drug-likeness (QED) is 0.642. The number of hydrogen-bond donors (Lipinski definition) is 1. The zero-order valence-corrected chi connectivity index (χ0v) is 17.8. The Hall–Kier alpha value is -2.26. The summed E-state index contributed by atoms with van der Waals surface area (Å²) in [6, 6.07) is 5.57. The van der Waals surface area contributed by atoms with Crippen molar-refractivity contribution in [3.8, 4) is 0 Å². The molecule has 1 aromatic carbocycles. The Morgan fingerprint density at radius 1 is 1.29 bits per heavy atom. The summed E-state index contributed by atoms with van der Waals surface area (Å²) in [4.78, 5) is 36.2. The summed E-state index contributed by atoms with van der Waals surface area (Å²) in [5.74, 6) is -0.272. The number of piperidine rings is 1. The van der Waals surface area contributed by atoms with E-state index < -0.39 is 0 Å². The molecule has 0 bridgehead atoms. The molecule has 0 saturated carbocycles. The maximum atomic E-state index is 12.8. The number of nitrogens with zero attached hydrogens (tertiary/aromatic N) is 4. The lowest BCUT2D eigenvalue weighted by Crippen LogP contribution is -2.29. The summed E-state index contributed by atoms with van der Waals surface area (Å²) in [6.07, 6.45) is 4.92. The van der Waals surface area contributed by atoms with E-state index in [9.17, 15) is 9.59 Å². The first-order valence-corrected chi connectivity index (χ1v) is 10.8. The number of carbonyl (C=O) groups excluding carboxylic acids is 1. The number of halogens is 1. The molecule has 146 valence electrons. The van der Waals surface area contributed by atoms with Crippen molar-refractivity contribution in [2.45, 2.75) is 32.7 Å². The molecule has 1 amide bonds. The summed E-state index contributed by atoms with van der Waals surface area (Å²) in [5, 5.41) is 3.66. The van der Waals surface area contributed by atoms with E-state index in [1.165, 1.54) is 28.7 Å².